The minimum atomic E-state index is -0.0629. The summed E-state index contributed by atoms with van der Waals surface area (Å²) in [6.07, 6.45) is 1.91. The topological polar surface area (TPSA) is 78.0 Å². The van der Waals surface area contributed by atoms with Crippen molar-refractivity contribution in [3.8, 4) is 0 Å². The van der Waals surface area contributed by atoms with Crippen LogP contribution in [0.15, 0.2) is 12.3 Å². The van der Waals surface area contributed by atoms with Crippen molar-refractivity contribution in [1.29, 1.82) is 0 Å². The second-order valence-corrected chi connectivity index (χ2v) is 3.77. The van der Waals surface area contributed by atoms with Crippen LogP contribution in [-0.2, 0) is 11.2 Å². The Bertz CT molecular complexity index is 298. The summed E-state index contributed by atoms with van der Waals surface area (Å²) >= 11 is 0. The van der Waals surface area contributed by atoms with Crippen molar-refractivity contribution in [2.45, 2.75) is 26.3 Å². The van der Waals surface area contributed by atoms with E-state index in [-0.39, 0.29) is 24.5 Å². The fourth-order valence-corrected chi connectivity index (χ4v) is 1.16. The summed E-state index contributed by atoms with van der Waals surface area (Å²) in [5.74, 6) is 0.00256. The van der Waals surface area contributed by atoms with Crippen LogP contribution in [0.4, 0.5) is 0 Å². The molecule has 0 saturated heterocycles. The second kappa shape index (κ2) is 5.50. The third-order valence-corrected chi connectivity index (χ3v) is 2.44. The molecule has 15 heavy (non-hydrogen) atoms. The first-order valence-electron chi connectivity index (χ1n) is 5.02. The number of aromatic nitrogens is 2. The number of nitrogens with zero attached hydrogens (tertiary/aromatic N) is 1. The first-order valence-corrected chi connectivity index (χ1v) is 5.02. The molecule has 2 atom stereocenters. The Morgan fingerprint density at radius 3 is 2.93 bits per heavy atom. The van der Waals surface area contributed by atoms with E-state index in [9.17, 15) is 4.79 Å². The normalized spacial score (nSPS) is 14.6. The lowest BCUT2D eigenvalue weighted by Gasteiger charge is -2.18. The Balaban J connectivity index is 2.36. The Morgan fingerprint density at radius 1 is 1.67 bits per heavy atom. The summed E-state index contributed by atoms with van der Waals surface area (Å²) < 4.78 is 0. The van der Waals surface area contributed by atoms with Gasteiger partial charge in [-0.1, -0.05) is 6.92 Å². The summed E-state index contributed by atoms with van der Waals surface area (Å²) in [5, 5.41) is 18.2. The number of carbonyl (C=O) groups excluding carboxylic acids is 1. The molecule has 5 nitrogen and oxygen atoms in total. The number of nitrogens with one attached hydrogen (secondary N) is 2. The Kier molecular flexibility index (Phi) is 4.30. The molecule has 0 radical (unpaired) electrons. The highest BCUT2D eigenvalue weighted by Crippen LogP contribution is 2.01. The van der Waals surface area contributed by atoms with Gasteiger partial charge in [-0.15, -0.1) is 0 Å². The van der Waals surface area contributed by atoms with Crippen LogP contribution in [-0.4, -0.2) is 33.9 Å². The van der Waals surface area contributed by atoms with E-state index in [1.54, 1.807) is 12.3 Å². The molecule has 2 unspecified atom stereocenters. The summed E-state index contributed by atoms with van der Waals surface area (Å²) in [6.45, 7) is 3.85. The molecule has 1 aromatic rings. The highest BCUT2D eigenvalue weighted by atomic mass is 16.3. The Labute approximate surface area is 88.9 Å². The van der Waals surface area contributed by atoms with Gasteiger partial charge in [0.1, 0.15) is 0 Å². The zero-order chi connectivity index (χ0) is 11.3. The van der Waals surface area contributed by atoms with E-state index in [1.807, 2.05) is 13.8 Å². The van der Waals surface area contributed by atoms with Crippen LogP contribution in [0.1, 0.15) is 19.5 Å². The number of carbonyl (C=O) groups is 1. The maximum absolute atomic E-state index is 11.5. The van der Waals surface area contributed by atoms with Crippen molar-refractivity contribution in [2.24, 2.45) is 5.92 Å². The lowest BCUT2D eigenvalue weighted by molar-refractivity contribution is -0.121. The summed E-state index contributed by atoms with van der Waals surface area (Å²) in [6, 6.07) is 1.74. The van der Waals surface area contributed by atoms with Crippen molar-refractivity contribution < 1.29 is 9.90 Å². The first-order chi connectivity index (χ1) is 7.13. The predicted molar refractivity (Wildman–Crippen MR) is 56.1 cm³/mol. The molecular weight excluding hydrogens is 194 g/mol. The van der Waals surface area contributed by atoms with Gasteiger partial charge in [0, 0.05) is 24.5 Å². The van der Waals surface area contributed by atoms with Crippen LogP contribution < -0.4 is 5.32 Å². The number of rotatable bonds is 5. The van der Waals surface area contributed by atoms with Gasteiger partial charge in [-0.3, -0.25) is 9.89 Å². The zero-order valence-corrected chi connectivity index (χ0v) is 9.03. The molecule has 0 saturated carbocycles. The molecule has 0 bridgehead atoms. The predicted octanol–water partition coefficient (Wildman–Crippen LogP) is 0.0853. The second-order valence-electron chi connectivity index (χ2n) is 3.77. The quantitative estimate of drug-likeness (QED) is 0.645. The fourth-order valence-electron chi connectivity index (χ4n) is 1.16. The molecule has 1 amide bonds. The molecule has 5 heteroatoms. The van der Waals surface area contributed by atoms with Gasteiger partial charge in [-0.05, 0) is 18.9 Å². The Hall–Kier alpha value is -1.36. The van der Waals surface area contributed by atoms with Crippen molar-refractivity contribution in [2.75, 3.05) is 6.61 Å². The monoisotopic (exact) mass is 211 g/mol. The smallest absolute Gasteiger partial charge is 0.226 e. The van der Waals surface area contributed by atoms with Gasteiger partial charge < -0.3 is 10.4 Å². The number of amides is 1. The summed E-state index contributed by atoms with van der Waals surface area (Å²) in [7, 11) is 0. The van der Waals surface area contributed by atoms with E-state index >= 15 is 0 Å². The number of H-pyrrole nitrogens is 1. The van der Waals surface area contributed by atoms with Gasteiger partial charge in [0.2, 0.25) is 5.91 Å². The molecule has 0 spiro atoms. The lowest BCUT2D eigenvalue weighted by Crippen LogP contribution is -2.39. The molecule has 1 rings (SSSR count). The molecule has 0 fully saturated rings. The van der Waals surface area contributed by atoms with Crippen LogP contribution in [0.3, 0.4) is 0 Å². The van der Waals surface area contributed by atoms with Crippen LogP contribution in [0.2, 0.25) is 0 Å². The minimum Gasteiger partial charge on any atom is -0.396 e. The Morgan fingerprint density at radius 2 is 2.40 bits per heavy atom. The van der Waals surface area contributed by atoms with Crippen LogP contribution in [0, 0.1) is 5.92 Å². The van der Waals surface area contributed by atoms with Gasteiger partial charge in [0.25, 0.3) is 0 Å². The minimum absolute atomic E-state index is 0.0228. The third-order valence-electron chi connectivity index (χ3n) is 2.44. The molecule has 84 valence electrons. The van der Waals surface area contributed by atoms with Gasteiger partial charge in [0.05, 0.1) is 6.42 Å². The molecule has 0 aromatic carbocycles. The van der Waals surface area contributed by atoms with Gasteiger partial charge in [0.15, 0.2) is 0 Å². The summed E-state index contributed by atoms with van der Waals surface area (Å²) in [5.41, 5.74) is 0.788. The molecule has 1 aromatic heterocycles. The highest BCUT2D eigenvalue weighted by Gasteiger charge is 2.14. The average molecular weight is 211 g/mol. The van der Waals surface area contributed by atoms with E-state index in [0.717, 1.165) is 5.69 Å². The maximum Gasteiger partial charge on any atom is 0.226 e. The van der Waals surface area contributed by atoms with Crippen molar-refractivity contribution >= 4 is 5.91 Å². The number of aliphatic hydroxyl groups is 1. The van der Waals surface area contributed by atoms with Gasteiger partial charge >= 0.3 is 0 Å². The molecule has 0 aliphatic heterocycles. The average Bonchev–Trinajstić information content (AvgIpc) is 2.68. The molecule has 0 aliphatic carbocycles. The van der Waals surface area contributed by atoms with Gasteiger partial charge in [-0.2, -0.15) is 5.10 Å². The molecule has 0 aliphatic rings. The molecule has 3 N–H and O–H groups in total. The number of aromatic amines is 1. The van der Waals surface area contributed by atoms with Crippen LogP contribution >= 0.6 is 0 Å². The third kappa shape index (κ3) is 3.71. The van der Waals surface area contributed by atoms with Crippen molar-refractivity contribution in [1.82, 2.24) is 15.5 Å². The largest absolute Gasteiger partial charge is 0.396 e. The fraction of sp³-hybridized carbons (Fsp3) is 0.600. The first kappa shape index (κ1) is 11.7. The lowest BCUT2D eigenvalue weighted by atomic mass is 10.1. The SMILES string of the molecule is CC(CO)C(C)NC(=O)Cc1ccn[nH]1. The highest BCUT2D eigenvalue weighted by molar-refractivity contribution is 5.78. The zero-order valence-electron chi connectivity index (χ0n) is 9.03. The van der Waals surface area contributed by atoms with Gasteiger partial charge in [-0.25, -0.2) is 0 Å². The van der Waals surface area contributed by atoms with E-state index < -0.39 is 0 Å². The number of hydrogen-bond acceptors (Lipinski definition) is 3. The van der Waals surface area contributed by atoms with Crippen LogP contribution in [0.25, 0.3) is 0 Å². The van der Waals surface area contributed by atoms with Crippen molar-refractivity contribution in [3.05, 3.63) is 18.0 Å². The van der Waals surface area contributed by atoms with Crippen LogP contribution in [0.5, 0.6) is 0 Å². The van der Waals surface area contributed by atoms with E-state index in [0.29, 0.717) is 6.42 Å². The van der Waals surface area contributed by atoms with E-state index in [2.05, 4.69) is 15.5 Å². The standard InChI is InChI=1S/C10H17N3O2/c1-7(6-14)8(2)12-10(15)5-9-3-4-11-13-9/h3-4,7-8,14H,5-6H2,1-2H3,(H,11,13)(H,12,15). The van der Waals surface area contributed by atoms with Crippen molar-refractivity contribution in [3.63, 3.8) is 0 Å². The maximum atomic E-state index is 11.5. The van der Waals surface area contributed by atoms with E-state index in [4.69, 9.17) is 5.11 Å². The molecular formula is C10H17N3O2. The van der Waals surface area contributed by atoms with E-state index in [1.165, 1.54) is 0 Å². The molecule has 1 heterocycles. The number of hydrogen-bond donors (Lipinski definition) is 3. The number of aliphatic hydroxyl groups excluding tert-OH is 1. The summed E-state index contributed by atoms with van der Waals surface area (Å²) in [4.78, 5) is 11.5.